The van der Waals surface area contributed by atoms with Crippen molar-refractivity contribution in [1.29, 1.82) is 0 Å². The van der Waals surface area contributed by atoms with E-state index in [1.54, 1.807) is 0 Å². The number of nitrogens with zero attached hydrogens (tertiary/aromatic N) is 1. The zero-order valence-corrected chi connectivity index (χ0v) is 8.99. The van der Waals surface area contributed by atoms with Crippen LogP contribution in [0.5, 0.6) is 5.75 Å². The maximum absolute atomic E-state index is 12.4. The lowest BCUT2D eigenvalue weighted by Gasteiger charge is -2.16. The quantitative estimate of drug-likeness (QED) is 0.843. The van der Waals surface area contributed by atoms with Crippen molar-refractivity contribution in [3.05, 3.63) is 23.0 Å². The number of pyridine rings is 1. The van der Waals surface area contributed by atoms with Crippen LogP contribution in [0.15, 0.2) is 6.07 Å². The lowest BCUT2D eigenvalue weighted by Crippen LogP contribution is -2.20. The van der Waals surface area contributed by atoms with Crippen LogP contribution >= 0.6 is 0 Å². The third kappa shape index (κ3) is 3.49. The zero-order chi connectivity index (χ0) is 14.1. The smallest absolute Gasteiger partial charge is 0.405 e. The summed E-state index contributed by atoms with van der Waals surface area (Å²) < 4.78 is 76.8. The fourth-order valence-electron chi connectivity index (χ4n) is 1.21. The Labute approximate surface area is 97.6 Å². The van der Waals surface area contributed by atoms with Gasteiger partial charge in [-0.1, -0.05) is 0 Å². The lowest BCUT2D eigenvalue weighted by molar-refractivity contribution is -0.275. The second kappa shape index (κ2) is 4.63. The second-order valence-corrected chi connectivity index (χ2v) is 3.33. The van der Waals surface area contributed by atoms with Crippen LogP contribution in [0.3, 0.4) is 0 Å². The van der Waals surface area contributed by atoms with E-state index in [1.165, 1.54) is 0 Å². The lowest BCUT2D eigenvalue weighted by atomic mass is 10.1. The molecule has 1 aromatic heterocycles. The van der Waals surface area contributed by atoms with Crippen molar-refractivity contribution in [3.8, 4) is 5.75 Å². The molecule has 1 aromatic rings. The SMILES string of the molecule is Cc1c(OC(F)(F)F)cc(C(F)(F)F)nc1CN. The molecule has 1 heterocycles. The van der Waals surface area contributed by atoms with Crippen LogP contribution in [0.25, 0.3) is 0 Å². The molecule has 0 atom stereocenters. The van der Waals surface area contributed by atoms with Gasteiger partial charge < -0.3 is 10.5 Å². The highest BCUT2D eigenvalue weighted by molar-refractivity contribution is 5.38. The van der Waals surface area contributed by atoms with Crippen molar-refractivity contribution >= 4 is 0 Å². The molecule has 0 unspecified atom stereocenters. The average molecular weight is 274 g/mol. The minimum atomic E-state index is -5.08. The second-order valence-electron chi connectivity index (χ2n) is 3.33. The molecule has 0 aliphatic carbocycles. The summed E-state index contributed by atoms with van der Waals surface area (Å²) in [5.74, 6) is -0.953. The largest absolute Gasteiger partial charge is 0.573 e. The summed E-state index contributed by atoms with van der Waals surface area (Å²) in [4.78, 5) is 3.16. The summed E-state index contributed by atoms with van der Waals surface area (Å²) in [6.45, 7) is 0.723. The van der Waals surface area contributed by atoms with Gasteiger partial charge in [0, 0.05) is 18.2 Å². The zero-order valence-electron chi connectivity index (χ0n) is 8.99. The summed E-state index contributed by atoms with van der Waals surface area (Å²) in [6.07, 6.45) is -9.96. The summed E-state index contributed by atoms with van der Waals surface area (Å²) >= 11 is 0. The molecule has 0 fully saturated rings. The van der Waals surface area contributed by atoms with E-state index in [4.69, 9.17) is 5.73 Å². The summed E-state index contributed by atoms with van der Waals surface area (Å²) in [5, 5.41) is 0. The molecule has 102 valence electrons. The van der Waals surface area contributed by atoms with Crippen molar-refractivity contribution in [1.82, 2.24) is 4.98 Å². The van der Waals surface area contributed by atoms with Gasteiger partial charge >= 0.3 is 12.5 Å². The summed E-state index contributed by atoms with van der Waals surface area (Å²) in [7, 11) is 0. The van der Waals surface area contributed by atoms with Crippen LogP contribution in [-0.2, 0) is 12.7 Å². The van der Waals surface area contributed by atoms with Gasteiger partial charge in [0.1, 0.15) is 11.4 Å². The van der Waals surface area contributed by atoms with E-state index in [2.05, 4.69) is 9.72 Å². The monoisotopic (exact) mass is 274 g/mol. The van der Waals surface area contributed by atoms with E-state index >= 15 is 0 Å². The minimum Gasteiger partial charge on any atom is -0.405 e. The van der Waals surface area contributed by atoms with Gasteiger partial charge in [-0.05, 0) is 6.92 Å². The van der Waals surface area contributed by atoms with Crippen molar-refractivity contribution in [2.75, 3.05) is 0 Å². The van der Waals surface area contributed by atoms with E-state index < -0.39 is 30.5 Å². The van der Waals surface area contributed by atoms with Gasteiger partial charge in [0.15, 0.2) is 0 Å². The van der Waals surface area contributed by atoms with Crippen LogP contribution in [-0.4, -0.2) is 11.3 Å². The molecule has 0 saturated heterocycles. The molecule has 0 aliphatic rings. The van der Waals surface area contributed by atoms with E-state index in [1.807, 2.05) is 0 Å². The topological polar surface area (TPSA) is 48.1 Å². The van der Waals surface area contributed by atoms with Gasteiger partial charge in [-0.2, -0.15) is 13.2 Å². The molecular formula is C9H8F6N2O. The van der Waals surface area contributed by atoms with Crippen molar-refractivity contribution in [2.45, 2.75) is 26.0 Å². The number of hydrogen-bond donors (Lipinski definition) is 1. The third-order valence-electron chi connectivity index (χ3n) is 2.04. The normalized spacial score (nSPS) is 12.7. The van der Waals surface area contributed by atoms with Gasteiger partial charge in [0.2, 0.25) is 0 Å². The molecule has 18 heavy (non-hydrogen) atoms. The Morgan fingerprint density at radius 3 is 2.17 bits per heavy atom. The Balaban J connectivity index is 3.32. The molecule has 0 radical (unpaired) electrons. The first-order valence-electron chi connectivity index (χ1n) is 4.58. The number of ether oxygens (including phenoxy) is 1. The predicted molar refractivity (Wildman–Crippen MR) is 48.6 cm³/mol. The third-order valence-corrected chi connectivity index (χ3v) is 2.04. The molecule has 3 nitrogen and oxygen atoms in total. The summed E-state index contributed by atoms with van der Waals surface area (Å²) in [6, 6.07) is 0.196. The molecule has 0 saturated carbocycles. The van der Waals surface area contributed by atoms with E-state index in [0.29, 0.717) is 0 Å². The van der Waals surface area contributed by atoms with E-state index in [-0.39, 0.29) is 17.3 Å². The highest BCUT2D eigenvalue weighted by atomic mass is 19.4. The number of alkyl halides is 6. The molecule has 0 aromatic carbocycles. The van der Waals surface area contributed by atoms with Crippen LogP contribution in [0.2, 0.25) is 0 Å². The predicted octanol–water partition coefficient (Wildman–Crippen LogP) is 2.77. The number of hydrogen-bond acceptors (Lipinski definition) is 3. The van der Waals surface area contributed by atoms with Crippen LogP contribution < -0.4 is 10.5 Å². The van der Waals surface area contributed by atoms with Crippen LogP contribution in [0.1, 0.15) is 17.0 Å². The van der Waals surface area contributed by atoms with Gasteiger partial charge in [-0.25, -0.2) is 4.98 Å². The molecule has 0 aliphatic heterocycles. The van der Waals surface area contributed by atoms with Gasteiger partial charge in [0.05, 0.1) is 5.69 Å². The summed E-state index contributed by atoms with van der Waals surface area (Å²) in [5.41, 5.74) is 3.17. The first-order valence-corrected chi connectivity index (χ1v) is 4.58. The number of halogens is 6. The van der Waals surface area contributed by atoms with Gasteiger partial charge in [-0.3, -0.25) is 0 Å². The van der Waals surface area contributed by atoms with Crippen molar-refractivity contribution in [2.24, 2.45) is 5.73 Å². The number of nitrogens with two attached hydrogens (primary N) is 1. The number of aromatic nitrogens is 1. The van der Waals surface area contributed by atoms with E-state index in [9.17, 15) is 26.3 Å². The molecule has 2 N–H and O–H groups in total. The standard InChI is InChI=1S/C9H8F6N2O/c1-4-5(3-16)17-7(8(10,11)12)2-6(4)18-9(13,14)15/h2H,3,16H2,1H3. The highest BCUT2D eigenvalue weighted by Crippen LogP contribution is 2.34. The molecule has 0 spiro atoms. The minimum absolute atomic E-state index is 0.178. The average Bonchev–Trinajstić information content (AvgIpc) is 2.17. The Hall–Kier alpha value is -1.51. The van der Waals surface area contributed by atoms with Gasteiger partial charge in [-0.15, -0.1) is 13.2 Å². The Kier molecular flexibility index (Phi) is 3.75. The van der Waals surface area contributed by atoms with Crippen molar-refractivity contribution in [3.63, 3.8) is 0 Å². The highest BCUT2D eigenvalue weighted by Gasteiger charge is 2.37. The molecular weight excluding hydrogens is 266 g/mol. The molecule has 0 amide bonds. The molecule has 0 bridgehead atoms. The first-order chi connectivity index (χ1) is 8.04. The Bertz CT molecular complexity index is 440. The van der Waals surface area contributed by atoms with E-state index in [0.717, 1.165) is 6.92 Å². The maximum atomic E-state index is 12.4. The Morgan fingerprint density at radius 1 is 1.22 bits per heavy atom. The first kappa shape index (κ1) is 14.6. The van der Waals surface area contributed by atoms with Crippen molar-refractivity contribution < 1.29 is 31.1 Å². The maximum Gasteiger partial charge on any atom is 0.573 e. The van der Waals surface area contributed by atoms with Crippen LogP contribution in [0.4, 0.5) is 26.3 Å². The molecule has 9 heteroatoms. The molecule has 1 rings (SSSR count). The fraction of sp³-hybridized carbons (Fsp3) is 0.444. The number of rotatable bonds is 2. The fourth-order valence-corrected chi connectivity index (χ4v) is 1.21. The van der Waals surface area contributed by atoms with Gasteiger partial charge in [0.25, 0.3) is 0 Å². The Morgan fingerprint density at radius 2 is 1.78 bits per heavy atom. The van der Waals surface area contributed by atoms with Crippen LogP contribution in [0, 0.1) is 6.92 Å².